The average molecular weight is 404 g/mol. The SMILES string of the molecule is CC1(N)CCCCC1C(=O)Nc1ccc(Oc2cccc(C(N)=O)c2)cc1.Cl. The van der Waals surface area contributed by atoms with E-state index in [0.29, 0.717) is 22.7 Å². The molecule has 1 fully saturated rings. The Bertz CT molecular complexity index is 837. The first-order valence-corrected chi connectivity index (χ1v) is 9.13. The molecular formula is C21H26ClN3O3. The third-order valence-electron chi connectivity index (χ3n) is 5.05. The van der Waals surface area contributed by atoms with Gasteiger partial charge in [0.2, 0.25) is 11.8 Å². The number of hydrogen-bond donors (Lipinski definition) is 3. The molecule has 6 nitrogen and oxygen atoms in total. The molecule has 3 rings (SSSR count). The van der Waals surface area contributed by atoms with Gasteiger partial charge in [0.1, 0.15) is 11.5 Å². The lowest BCUT2D eigenvalue weighted by Gasteiger charge is -2.37. The zero-order valence-corrected chi connectivity index (χ0v) is 16.6. The number of carbonyl (C=O) groups is 2. The fourth-order valence-corrected chi connectivity index (χ4v) is 3.47. The Morgan fingerprint density at radius 2 is 1.82 bits per heavy atom. The standard InChI is InChI=1S/C21H25N3O3.ClH/c1-21(23)12-3-2-7-18(21)20(26)24-15-8-10-16(11-9-15)27-17-6-4-5-14(13-17)19(22)25;/h4-6,8-11,13,18H,2-3,7,12,23H2,1H3,(H2,22,25)(H,24,26);1H. The minimum atomic E-state index is -0.506. The van der Waals surface area contributed by atoms with Crippen molar-refractivity contribution in [3.05, 3.63) is 54.1 Å². The highest BCUT2D eigenvalue weighted by Gasteiger charge is 2.37. The van der Waals surface area contributed by atoms with E-state index >= 15 is 0 Å². The monoisotopic (exact) mass is 403 g/mol. The number of ether oxygens (including phenoxy) is 1. The van der Waals surface area contributed by atoms with Gasteiger partial charge >= 0.3 is 0 Å². The molecule has 0 bridgehead atoms. The molecule has 1 saturated carbocycles. The average Bonchev–Trinajstić information content (AvgIpc) is 2.63. The zero-order chi connectivity index (χ0) is 19.4. The molecule has 150 valence electrons. The Hall–Kier alpha value is -2.57. The van der Waals surface area contributed by atoms with Crippen LogP contribution in [0.15, 0.2) is 48.5 Å². The molecule has 2 aromatic carbocycles. The maximum Gasteiger partial charge on any atom is 0.248 e. The summed E-state index contributed by atoms with van der Waals surface area (Å²) in [4.78, 5) is 23.8. The van der Waals surface area contributed by atoms with E-state index in [2.05, 4.69) is 5.32 Å². The highest BCUT2D eigenvalue weighted by molar-refractivity contribution is 5.94. The van der Waals surface area contributed by atoms with Crippen LogP contribution in [0, 0.1) is 5.92 Å². The van der Waals surface area contributed by atoms with Crippen molar-refractivity contribution in [1.29, 1.82) is 0 Å². The number of primary amides is 1. The first-order valence-electron chi connectivity index (χ1n) is 9.13. The van der Waals surface area contributed by atoms with Crippen molar-refractivity contribution < 1.29 is 14.3 Å². The second-order valence-electron chi connectivity index (χ2n) is 7.31. The number of halogens is 1. The normalized spacial score (nSPS) is 21.3. The van der Waals surface area contributed by atoms with Crippen LogP contribution in [0.1, 0.15) is 43.0 Å². The molecule has 7 heteroatoms. The van der Waals surface area contributed by atoms with E-state index in [-0.39, 0.29) is 24.2 Å². The van der Waals surface area contributed by atoms with Crippen LogP contribution in [0.3, 0.4) is 0 Å². The van der Waals surface area contributed by atoms with Gasteiger partial charge < -0.3 is 21.5 Å². The van der Waals surface area contributed by atoms with Gasteiger partial charge in [0.15, 0.2) is 0 Å². The van der Waals surface area contributed by atoms with Gasteiger partial charge in [-0.1, -0.05) is 18.9 Å². The van der Waals surface area contributed by atoms with Gasteiger partial charge in [-0.05, 0) is 62.2 Å². The Kier molecular flexibility index (Phi) is 7.05. The number of amides is 2. The van der Waals surface area contributed by atoms with E-state index in [1.807, 2.05) is 6.92 Å². The fourth-order valence-electron chi connectivity index (χ4n) is 3.47. The van der Waals surface area contributed by atoms with Gasteiger partial charge in [-0.15, -0.1) is 12.4 Å². The molecule has 28 heavy (non-hydrogen) atoms. The summed E-state index contributed by atoms with van der Waals surface area (Å²) in [6.45, 7) is 1.95. The zero-order valence-electron chi connectivity index (χ0n) is 15.8. The third-order valence-corrected chi connectivity index (χ3v) is 5.05. The maximum absolute atomic E-state index is 12.6. The first kappa shape index (κ1) is 21.7. The molecule has 0 saturated heterocycles. The smallest absolute Gasteiger partial charge is 0.248 e. The molecule has 0 heterocycles. The molecular weight excluding hydrogens is 378 g/mol. The Morgan fingerprint density at radius 1 is 1.11 bits per heavy atom. The van der Waals surface area contributed by atoms with E-state index in [9.17, 15) is 9.59 Å². The highest BCUT2D eigenvalue weighted by atomic mass is 35.5. The minimum Gasteiger partial charge on any atom is -0.457 e. The van der Waals surface area contributed by atoms with Crippen LogP contribution >= 0.6 is 12.4 Å². The van der Waals surface area contributed by atoms with Crippen molar-refractivity contribution in [2.24, 2.45) is 17.4 Å². The van der Waals surface area contributed by atoms with Gasteiger partial charge in [0, 0.05) is 16.8 Å². The van der Waals surface area contributed by atoms with Crippen molar-refractivity contribution in [3.8, 4) is 11.5 Å². The quantitative estimate of drug-likeness (QED) is 0.704. The van der Waals surface area contributed by atoms with E-state index in [1.54, 1.807) is 48.5 Å². The van der Waals surface area contributed by atoms with E-state index in [0.717, 1.165) is 25.7 Å². The third kappa shape index (κ3) is 5.24. The van der Waals surface area contributed by atoms with Crippen LogP contribution in [0.25, 0.3) is 0 Å². The number of nitrogens with one attached hydrogen (secondary N) is 1. The number of benzene rings is 2. The first-order chi connectivity index (χ1) is 12.8. The van der Waals surface area contributed by atoms with Gasteiger partial charge in [-0.3, -0.25) is 9.59 Å². The molecule has 2 atom stereocenters. The van der Waals surface area contributed by atoms with Crippen LogP contribution in [-0.4, -0.2) is 17.4 Å². The molecule has 0 aliphatic heterocycles. The summed E-state index contributed by atoms with van der Waals surface area (Å²) in [6.07, 6.45) is 3.78. The summed E-state index contributed by atoms with van der Waals surface area (Å²) >= 11 is 0. The van der Waals surface area contributed by atoms with E-state index < -0.39 is 11.4 Å². The molecule has 5 N–H and O–H groups in total. The van der Waals surface area contributed by atoms with Crippen molar-refractivity contribution in [2.75, 3.05) is 5.32 Å². The lowest BCUT2D eigenvalue weighted by atomic mass is 9.74. The predicted molar refractivity (Wildman–Crippen MR) is 112 cm³/mol. The molecule has 2 unspecified atom stereocenters. The highest BCUT2D eigenvalue weighted by Crippen LogP contribution is 2.32. The van der Waals surface area contributed by atoms with Crippen LogP contribution in [0.5, 0.6) is 11.5 Å². The second-order valence-corrected chi connectivity index (χ2v) is 7.31. The topological polar surface area (TPSA) is 107 Å². The minimum absolute atomic E-state index is 0. The maximum atomic E-state index is 12.6. The van der Waals surface area contributed by atoms with Crippen molar-refractivity contribution >= 4 is 29.9 Å². The van der Waals surface area contributed by atoms with Crippen molar-refractivity contribution in [3.63, 3.8) is 0 Å². The summed E-state index contributed by atoms with van der Waals surface area (Å²) in [5.41, 5.74) is 12.2. The summed E-state index contributed by atoms with van der Waals surface area (Å²) in [5.74, 6) is 0.384. The number of nitrogens with two attached hydrogens (primary N) is 2. The van der Waals surface area contributed by atoms with Crippen LogP contribution in [0.4, 0.5) is 5.69 Å². The number of hydrogen-bond acceptors (Lipinski definition) is 4. The molecule has 0 spiro atoms. The molecule has 2 aromatic rings. The number of anilines is 1. The summed E-state index contributed by atoms with van der Waals surface area (Å²) in [5, 5.41) is 2.95. The van der Waals surface area contributed by atoms with E-state index in [4.69, 9.17) is 16.2 Å². The number of carbonyl (C=O) groups excluding carboxylic acids is 2. The van der Waals surface area contributed by atoms with Crippen molar-refractivity contribution in [2.45, 2.75) is 38.1 Å². The Labute approximate surface area is 171 Å². The molecule has 2 amide bonds. The van der Waals surface area contributed by atoms with Gasteiger partial charge in [0.25, 0.3) is 0 Å². The van der Waals surface area contributed by atoms with Gasteiger partial charge in [-0.25, -0.2) is 0 Å². The molecule has 0 aromatic heterocycles. The van der Waals surface area contributed by atoms with Crippen LogP contribution in [0.2, 0.25) is 0 Å². The van der Waals surface area contributed by atoms with Crippen LogP contribution < -0.4 is 21.5 Å². The van der Waals surface area contributed by atoms with Crippen LogP contribution in [-0.2, 0) is 4.79 Å². The molecule has 0 radical (unpaired) electrons. The van der Waals surface area contributed by atoms with Gasteiger partial charge in [0.05, 0.1) is 5.92 Å². The number of rotatable bonds is 5. The second kappa shape index (κ2) is 9.08. The lowest BCUT2D eigenvalue weighted by molar-refractivity contribution is -0.122. The predicted octanol–water partition coefficient (Wildman–Crippen LogP) is 3.85. The molecule has 1 aliphatic carbocycles. The largest absolute Gasteiger partial charge is 0.457 e. The summed E-state index contributed by atoms with van der Waals surface area (Å²) < 4.78 is 5.74. The van der Waals surface area contributed by atoms with Gasteiger partial charge in [-0.2, -0.15) is 0 Å². The Balaban J connectivity index is 0.00000280. The van der Waals surface area contributed by atoms with E-state index in [1.165, 1.54) is 0 Å². The van der Waals surface area contributed by atoms with Crippen molar-refractivity contribution in [1.82, 2.24) is 0 Å². The summed E-state index contributed by atoms with van der Waals surface area (Å²) in [6, 6.07) is 13.7. The fraction of sp³-hybridized carbons (Fsp3) is 0.333. The summed E-state index contributed by atoms with van der Waals surface area (Å²) in [7, 11) is 0. The molecule has 1 aliphatic rings. The lowest BCUT2D eigenvalue weighted by Crippen LogP contribution is -2.51. The Morgan fingerprint density at radius 3 is 2.46 bits per heavy atom.